The maximum absolute atomic E-state index is 12.4. The maximum atomic E-state index is 12.4. The monoisotopic (exact) mass is 341 g/mol. The molecule has 0 aliphatic carbocycles. The molecule has 0 heterocycles. The van der Waals surface area contributed by atoms with Crippen LogP contribution in [-0.2, 0) is 11.2 Å². The molecule has 1 amide bonds. The molecule has 0 saturated heterocycles. The van der Waals surface area contributed by atoms with Crippen LogP contribution in [0.15, 0.2) is 42.5 Å². The third kappa shape index (κ3) is 5.80. The molecule has 2 rings (SSSR count). The fourth-order valence-corrected chi connectivity index (χ4v) is 2.51. The van der Waals surface area contributed by atoms with E-state index in [2.05, 4.69) is 29.7 Å². The van der Waals surface area contributed by atoms with Gasteiger partial charge in [-0.05, 0) is 48.7 Å². The predicted molar refractivity (Wildman–Crippen MR) is 103 cm³/mol. The number of methoxy groups -OCH3 is 1. The first-order chi connectivity index (χ1) is 12.1. The summed E-state index contributed by atoms with van der Waals surface area (Å²) in [6.07, 6.45) is 3.47. The average Bonchev–Trinajstić information content (AvgIpc) is 2.62. The van der Waals surface area contributed by atoms with Crippen molar-refractivity contribution >= 4 is 23.0 Å². The van der Waals surface area contributed by atoms with Gasteiger partial charge in [-0.2, -0.15) is 0 Å². The van der Waals surface area contributed by atoms with Gasteiger partial charge in [-0.15, -0.1) is 0 Å². The quantitative estimate of drug-likeness (QED) is 0.480. The van der Waals surface area contributed by atoms with Gasteiger partial charge in [-0.3, -0.25) is 4.79 Å². The molecule has 25 heavy (non-hydrogen) atoms. The molecule has 0 saturated carbocycles. The molecule has 0 bridgehead atoms. The first-order valence-corrected chi connectivity index (χ1v) is 8.66. The third-order valence-electron chi connectivity index (χ3n) is 3.93. The largest absolute Gasteiger partial charge is 0.399 e. The van der Waals surface area contributed by atoms with E-state index in [0.29, 0.717) is 24.4 Å². The van der Waals surface area contributed by atoms with Crippen molar-refractivity contribution in [2.75, 3.05) is 31.3 Å². The highest BCUT2D eigenvalue weighted by Gasteiger charge is 2.12. The molecule has 5 nitrogen and oxygen atoms in total. The number of nitrogens with one attached hydrogen (secondary N) is 2. The van der Waals surface area contributed by atoms with E-state index in [1.807, 2.05) is 18.2 Å². The number of carbonyl (C=O) groups is 1. The van der Waals surface area contributed by atoms with E-state index in [1.54, 1.807) is 19.2 Å². The zero-order valence-electron chi connectivity index (χ0n) is 15.0. The Labute approximate surface area is 149 Å². The van der Waals surface area contributed by atoms with Crippen molar-refractivity contribution in [3.63, 3.8) is 0 Å². The molecule has 2 aromatic rings. The topological polar surface area (TPSA) is 76.4 Å². The van der Waals surface area contributed by atoms with Gasteiger partial charge in [-0.25, -0.2) is 0 Å². The summed E-state index contributed by atoms with van der Waals surface area (Å²) in [5.41, 5.74) is 9.91. The first kappa shape index (κ1) is 18.8. The second-order valence-electron chi connectivity index (χ2n) is 5.98. The molecule has 0 fully saturated rings. The van der Waals surface area contributed by atoms with E-state index in [9.17, 15) is 4.79 Å². The number of unbranched alkanes of at least 4 members (excludes halogenated alkanes) is 1. The summed E-state index contributed by atoms with van der Waals surface area (Å²) in [4.78, 5) is 12.4. The zero-order chi connectivity index (χ0) is 18.1. The Kier molecular flexibility index (Phi) is 7.29. The molecule has 0 unspecified atom stereocenters. The van der Waals surface area contributed by atoms with Gasteiger partial charge in [0.1, 0.15) is 0 Å². The van der Waals surface area contributed by atoms with Crippen LogP contribution < -0.4 is 16.4 Å². The zero-order valence-corrected chi connectivity index (χ0v) is 15.0. The third-order valence-corrected chi connectivity index (χ3v) is 3.93. The molecule has 0 aliphatic heterocycles. The molecule has 0 atom stereocenters. The second kappa shape index (κ2) is 9.69. The highest BCUT2D eigenvalue weighted by atomic mass is 16.5. The normalized spacial score (nSPS) is 10.5. The molecular weight excluding hydrogens is 314 g/mol. The molecule has 0 radical (unpaired) electrons. The molecule has 0 spiro atoms. The highest BCUT2D eigenvalue weighted by Crippen LogP contribution is 2.24. The number of hydrogen-bond donors (Lipinski definition) is 3. The van der Waals surface area contributed by atoms with Gasteiger partial charge < -0.3 is 21.1 Å². The minimum Gasteiger partial charge on any atom is -0.399 e. The van der Waals surface area contributed by atoms with Crippen LogP contribution in [0.1, 0.15) is 35.7 Å². The SMILES string of the molecule is CCCCc1ccc(Nc2ccc(N)cc2C(=O)NCCOC)cc1. The Morgan fingerprint density at radius 1 is 1.16 bits per heavy atom. The summed E-state index contributed by atoms with van der Waals surface area (Å²) in [6, 6.07) is 13.6. The molecule has 134 valence electrons. The van der Waals surface area contributed by atoms with Crippen molar-refractivity contribution in [1.29, 1.82) is 0 Å². The number of ether oxygens (including phenoxy) is 1. The van der Waals surface area contributed by atoms with Gasteiger partial charge in [0.25, 0.3) is 5.91 Å². The van der Waals surface area contributed by atoms with Gasteiger partial charge in [0.15, 0.2) is 0 Å². The average molecular weight is 341 g/mol. The second-order valence-corrected chi connectivity index (χ2v) is 5.98. The fourth-order valence-electron chi connectivity index (χ4n) is 2.51. The lowest BCUT2D eigenvalue weighted by Crippen LogP contribution is -2.27. The number of nitrogen functional groups attached to an aromatic ring is 1. The van der Waals surface area contributed by atoms with Gasteiger partial charge in [0.2, 0.25) is 0 Å². The van der Waals surface area contributed by atoms with Crippen LogP contribution in [0.25, 0.3) is 0 Å². The van der Waals surface area contributed by atoms with Gasteiger partial charge in [0.05, 0.1) is 17.9 Å². The van der Waals surface area contributed by atoms with Crippen LogP contribution in [0, 0.1) is 0 Å². The van der Waals surface area contributed by atoms with E-state index < -0.39 is 0 Å². The van der Waals surface area contributed by atoms with Crippen molar-refractivity contribution in [3.05, 3.63) is 53.6 Å². The van der Waals surface area contributed by atoms with E-state index in [-0.39, 0.29) is 5.91 Å². The number of amides is 1. The Hall–Kier alpha value is -2.53. The van der Waals surface area contributed by atoms with Crippen LogP contribution in [0.3, 0.4) is 0 Å². The Morgan fingerprint density at radius 3 is 2.60 bits per heavy atom. The van der Waals surface area contributed by atoms with Crippen LogP contribution in [0.4, 0.5) is 17.1 Å². The van der Waals surface area contributed by atoms with Crippen molar-refractivity contribution in [1.82, 2.24) is 5.32 Å². The van der Waals surface area contributed by atoms with Crippen molar-refractivity contribution in [3.8, 4) is 0 Å². The van der Waals surface area contributed by atoms with Gasteiger partial charge >= 0.3 is 0 Å². The number of carbonyl (C=O) groups excluding carboxylic acids is 1. The van der Waals surface area contributed by atoms with Crippen molar-refractivity contribution in [2.24, 2.45) is 0 Å². The summed E-state index contributed by atoms with van der Waals surface area (Å²) in [5.74, 6) is -0.175. The first-order valence-electron chi connectivity index (χ1n) is 8.66. The maximum Gasteiger partial charge on any atom is 0.253 e. The standard InChI is InChI=1S/C20H27N3O2/c1-3-4-5-15-6-9-17(10-7-15)23-19-11-8-16(21)14-18(19)20(24)22-12-13-25-2/h6-11,14,23H,3-5,12-13,21H2,1-2H3,(H,22,24). The molecular formula is C20H27N3O2. The summed E-state index contributed by atoms with van der Waals surface area (Å²) in [6.45, 7) is 3.11. The Balaban J connectivity index is 2.11. The van der Waals surface area contributed by atoms with Crippen LogP contribution in [0.5, 0.6) is 0 Å². The molecule has 0 aliphatic rings. The van der Waals surface area contributed by atoms with Crippen LogP contribution >= 0.6 is 0 Å². The highest BCUT2D eigenvalue weighted by molar-refractivity contribution is 6.01. The fraction of sp³-hybridized carbons (Fsp3) is 0.350. The summed E-state index contributed by atoms with van der Waals surface area (Å²) >= 11 is 0. The minimum atomic E-state index is -0.175. The van der Waals surface area contributed by atoms with Gasteiger partial charge in [0, 0.05) is 25.0 Å². The lowest BCUT2D eigenvalue weighted by Gasteiger charge is -2.13. The molecule has 5 heteroatoms. The van der Waals surface area contributed by atoms with Crippen molar-refractivity contribution in [2.45, 2.75) is 26.2 Å². The van der Waals surface area contributed by atoms with Crippen molar-refractivity contribution < 1.29 is 9.53 Å². The van der Waals surface area contributed by atoms with Crippen LogP contribution in [-0.4, -0.2) is 26.2 Å². The van der Waals surface area contributed by atoms with Crippen LogP contribution in [0.2, 0.25) is 0 Å². The molecule has 4 N–H and O–H groups in total. The number of anilines is 3. The minimum absolute atomic E-state index is 0.175. The van der Waals surface area contributed by atoms with E-state index in [0.717, 1.165) is 17.8 Å². The number of benzene rings is 2. The lowest BCUT2D eigenvalue weighted by molar-refractivity contribution is 0.0938. The lowest BCUT2D eigenvalue weighted by atomic mass is 10.1. The summed E-state index contributed by atoms with van der Waals surface area (Å²) in [5, 5.41) is 6.13. The molecule has 2 aromatic carbocycles. The summed E-state index contributed by atoms with van der Waals surface area (Å²) < 4.78 is 4.96. The van der Waals surface area contributed by atoms with E-state index in [1.165, 1.54) is 18.4 Å². The predicted octanol–water partition coefficient (Wildman–Crippen LogP) is 3.73. The van der Waals surface area contributed by atoms with Gasteiger partial charge in [-0.1, -0.05) is 25.5 Å². The number of nitrogens with two attached hydrogens (primary N) is 1. The summed E-state index contributed by atoms with van der Waals surface area (Å²) in [7, 11) is 1.60. The number of rotatable bonds is 9. The Morgan fingerprint density at radius 2 is 1.92 bits per heavy atom. The van der Waals surface area contributed by atoms with E-state index >= 15 is 0 Å². The smallest absolute Gasteiger partial charge is 0.253 e. The molecule has 0 aromatic heterocycles. The number of aryl methyl sites for hydroxylation is 1. The number of hydrogen-bond acceptors (Lipinski definition) is 4. The Bertz CT molecular complexity index is 684. The van der Waals surface area contributed by atoms with E-state index in [4.69, 9.17) is 10.5 Å².